The van der Waals surface area contributed by atoms with Crippen molar-refractivity contribution in [2.24, 2.45) is 0 Å². The zero-order chi connectivity index (χ0) is 18.5. The smallest absolute Gasteiger partial charge is 0.221 e. The number of aryl methyl sites for hydroxylation is 1. The van der Waals surface area contributed by atoms with Crippen LogP contribution in [0, 0.1) is 13.8 Å². The fourth-order valence-corrected chi connectivity index (χ4v) is 2.54. The molecule has 0 spiro atoms. The molecule has 0 fully saturated rings. The van der Waals surface area contributed by atoms with Gasteiger partial charge in [-0.1, -0.05) is 18.2 Å². The number of aromatic nitrogens is 2. The van der Waals surface area contributed by atoms with E-state index in [1.165, 1.54) is 24.4 Å². The largest absolute Gasteiger partial charge is 0.340 e. The van der Waals surface area contributed by atoms with Gasteiger partial charge in [-0.15, -0.1) is 0 Å². The molecule has 6 heteroatoms. The number of rotatable bonds is 5. The predicted molar refractivity (Wildman–Crippen MR) is 105 cm³/mol. The second-order valence-corrected chi connectivity index (χ2v) is 6.05. The van der Waals surface area contributed by atoms with E-state index in [4.69, 9.17) is 0 Å². The Morgan fingerprint density at radius 1 is 0.885 bits per heavy atom. The molecule has 0 bridgehead atoms. The molecule has 132 valence electrons. The minimum absolute atomic E-state index is 0.107. The molecule has 1 amide bonds. The predicted octanol–water partition coefficient (Wildman–Crippen LogP) is 4.54. The van der Waals surface area contributed by atoms with Crippen LogP contribution in [0.15, 0.2) is 54.9 Å². The van der Waals surface area contributed by atoms with E-state index in [0.717, 1.165) is 17.1 Å². The molecule has 0 atom stereocenters. The van der Waals surface area contributed by atoms with Crippen molar-refractivity contribution in [2.75, 3.05) is 16.0 Å². The van der Waals surface area contributed by atoms with Crippen LogP contribution >= 0.6 is 0 Å². The van der Waals surface area contributed by atoms with Crippen molar-refractivity contribution in [3.63, 3.8) is 0 Å². The second-order valence-electron chi connectivity index (χ2n) is 6.05. The molecular formula is C20H21N5O. The van der Waals surface area contributed by atoms with Gasteiger partial charge < -0.3 is 16.0 Å². The van der Waals surface area contributed by atoms with Crippen molar-refractivity contribution in [1.29, 1.82) is 0 Å². The van der Waals surface area contributed by atoms with E-state index in [2.05, 4.69) is 45.8 Å². The van der Waals surface area contributed by atoms with Crippen LogP contribution in [0.2, 0.25) is 0 Å². The van der Waals surface area contributed by atoms with Crippen molar-refractivity contribution in [3.05, 3.63) is 66.0 Å². The van der Waals surface area contributed by atoms with Gasteiger partial charge in [0.15, 0.2) is 0 Å². The maximum atomic E-state index is 11.2. The quantitative estimate of drug-likeness (QED) is 0.631. The molecule has 0 saturated heterocycles. The van der Waals surface area contributed by atoms with Crippen LogP contribution in [0.5, 0.6) is 0 Å². The molecule has 2 aromatic carbocycles. The number of nitrogens with one attached hydrogen (secondary N) is 3. The van der Waals surface area contributed by atoms with E-state index in [1.807, 2.05) is 42.5 Å². The lowest BCUT2D eigenvalue weighted by molar-refractivity contribution is -0.114. The highest BCUT2D eigenvalue weighted by atomic mass is 16.1. The average Bonchev–Trinajstić information content (AvgIpc) is 2.59. The summed E-state index contributed by atoms with van der Waals surface area (Å²) >= 11 is 0. The number of hydrogen-bond acceptors (Lipinski definition) is 5. The van der Waals surface area contributed by atoms with Gasteiger partial charge in [0.2, 0.25) is 5.91 Å². The highest BCUT2D eigenvalue weighted by Crippen LogP contribution is 2.24. The summed E-state index contributed by atoms with van der Waals surface area (Å²) in [5, 5.41) is 9.32. The molecule has 3 N–H and O–H groups in total. The number of amides is 1. The molecular weight excluding hydrogens is 326 g/mol. The molecule has 0 aliphatic carbocycles. The van der Waals surface area contributed by atoms with Crippen molar-refractivity contribution in [2.45, 2.75) is 20.8 Å². The summed E-state index contributed by atoms with van der Waals surface area (Å²) in [5.74, 6) is 1.26. The average molecular weight is 347 g/mol. The first-order valence-electron chi connectivity index (χ1n) is 8.31. The fraction of sp³-hybridized carbons (Fsp3) is 0.150. The molecule has 0 unspecified atom stereocenters. The number of carbonyl (C=O) groups is 1. The summed E-state index contributed by atoms with van der Waals surface area (Å²) in [4.78, 5) is 19.7. The van der Waals surface area contributed by atoms with Gasteiger partial charge in [0.25, 0.3) is 0 Å². The lowest BCUT2D eigenvalue weighted by atomic mass is 10.1. The summed E-state index contributed by atoms with van der Waals surface area (Å²) < 4.78 is 0. The summed E-state index contributed by atoms with van der Waals surface area (Å²) in [6, 6.07) is 15.4. The summed E-state index contributed by atoms with van der Waals surface area (Å²) in [5.41, 5.74) is 4.97. The van der Waals surface area contributed by atoms with Gasteiger partial charge in [-0.2, -0.15) is 0 Å². The van der Waals surface area contributed by atoms with Gasteiger partial charge in [0.1, 0.15) is 18.0 Å². The molecule has 1 heterocycles. The molecule has 26 heavy (non-hydrogen) atoms. The van der Waals surface area contributed by atoms with Crippen LogP contribution in [0.3, 0.4) is 0 Å². The number of carbonyl (C=O) groups excluding carboxylic acids is 1. The zero-order valence-electron chi connectivity index (χ0n) is 15.0. The molecule has 3 aromatic rings. The molecule has 6 nitrogen and oxygen atoms in total. The molecule has 1 aromatic heterocycles. The Balaban J connectivity index is 1.77. The monoisotopic (exact) mass is 347 g/mol. The minimum Gasteiger partial charge on any atom is -0.340 e. The Hall–Kier alpha value is -3.41. The SMILES string of the molecule is CC(=O)Nc1cccc(Nc2cc(Nc3cccc(C)c3C)ncn2)c1. The standard InChI is InChI=1S/C20H21N5O/c1-13-6-4-9-18(14(13)2)25-20-11-19(21-12-22-20)24-17-8-5-7-16(10-17)23-15(3)26/h4-12H,1-3H3,(H,23,26)(H2,21,22,24,25). The van der Waals surface area contributed by atoms with Crippen LogP contribution in [-0.2, 0) is 4.79 Å². The van der Waals surface area contributed by atoms with Crippen LogP contribution in [-0.4, -0.2) is 15.9 Å². The van der Waals surface area contributed by atoms with Crippen LogP contribution in [0.4, 0.5) is 28.7 Å². The lowest BCUT2D eigenvalue weighted by Crippen LogP contribution is -2.06. The van der Waals surface area contributed by atoms with Gasteiger partial charge in [0, 0.05) is 30.1 Å². The first-order valence-corrected chi connectivity index (χ1v) is 8.31. The Labute approximate surface area is 152 Å². The van der Waals surface area contributed by atoms with Crippen molar-refractivity contribution >= 4 is 34.6 Å². The van der Waals surface area contributed by atoms with E-state index in [9.17, 15) is 4.79 Å². The molecule has 0 radical (unpaired) electrons. The van der Waals surface area contributed by atoms with Crippen molar-refractivity contribution in [1.82, 2.24) is 9.97 Å². The van der Waals surface area contributed by atoms with Crippen LogP contribution in [0.1, 0.15) is 18.1 Å². The highest BCUT2D eigenvalue weighted by molar-refractivity contribution is 5.89. The van der Waals surface area contributed by atoms with Gasteiger partial charge in [0.05, 0.1) is 0 Å². The Kier molecular flexibility index (Phi) is 5.12. The third kappa shape index (κ3) is 4.36. The normalized spacial score (nSPS) is 10.3. The first-order chi connectivity index (χ1) is 12.5. The van der Waals surface area contributed by atoms with Crippen molar-refractivity contribution < 1.29 is 4.79 Å². The topological polar surface area (TPSA) is 78.9 Å². The molecule has 0 saturated carbocycles. The number of hydrogen-bond donors (Lipinski definition) is 3. The number of benzene rings is 2. The Morgan fingerprint density at radius 2 is 1.58 bits per heavy atom. The van der Waals surface area contributed by atoms with Gasteiger partial charge in [-0.25, -0.2) is 9.97 Å². The lowest BCUT2D eigenvalue weighted by Gasteiger charge is -2.12. The van der Waals surface area contributed by atoms with Gasteiger partial charge in [-0.3, -0.25) is 4.79 Å². The molecule has 3 rings (SSSR count). The minimum atomic E-state index is -0.107. The van der Waals surface area contributed by atoms with Gasteiger partial charge >= 0.3 is 0 Å². The summed E-state index contributed by atoms with van der Waals surface area (Å²) in [7, 11) is 0. The highest BCUT2D eigenvalue weighted by Gasteiger charge is 2.05. The second kappa shape index (κ2) is 7.65. The van der Waals surface area contributed by atoms with E-state index >= 15 is 0 Å². The summed E-state index contributed by atoms with van der Waals surface area (Å²) in [6.07, 6.45) is 1.51. The van der Waals surface area contributed by atoms with Crippen molar-refractivity contribution in [3.8, 4) is 0 Å². The van der Waals surface area contributed by atoms with E-state index in [0.29, 0.717) is 11.6 Å². The van der Waals surface area contributed by atoms with E-state index < -0.39 is 0 Å². The maximum Gasteiger partial charge on any atom is 0.221 e. The zero-order valence-corrected chi connectivity index (χ0v) is 15.0. The maximum absolute atomic E-state index is 11.2. The Morgan fingerprint density at radius 3 is 2.35 bits per heavy atom. The third-order valence-corrected chi connectivity index (χ3v) is 3.99. The molecule has 0 aliphatic heterocycles. The van der Waals surface area contributed by atoms with Crippen LogP contribution < -0.4 is 16.0 Å². The fourth-order valence-electron chi connectivity index (χ4n) is 2.54. The Bertz CT molecular complexity index is 939. The van der Waals surface area contributed by atoms with E-state index in [-0.39, 0.29) is 5.91 Å². The van der Waals surface area contributed by atoms with E-state index in [1.54, 1.807) is 0 Å². The molecule has 0 aliphatic rings. The first kappa shape index (κ1) is 17.4. The number of anilines is 5. The third-order valence-electron chi connectivity index (χ3n) is 3.99. The van der Waals surface area contributed by atoms with Crippen LogP contribution in [0.25, 0.3) is 0 Å². The number of nitrogens with zero attached hydrogens (tertiary/aromatic N) is 2. The summed E-state index contributed by atoms with van der Waals surface area (Å²) in [6.45, 7) is 5.64. The van der Waals surface area contributed by atoms with Gasteiger partial charge in [-0.05, 0) is 49.2 Å².